The molecular formula is C20H19F3N2O2. The zero-order chi connectivity index (χ0) is 19.4. The molecule has 2 aromatic rings. The summed E-state index contributed by atoms with van der Waals surface area (Å²) in [4.78, 5) is 13.7. The minimum Gasteiger partial charge on any atom is -0.406 e. The number of benzene rings is 2. The molecule has 2 N–H and O–H groups in total. The maximum atomic E-state index is 12.2. The van der Waals surface area contributed by atoms with E-state index < -0.39 is 12.3 Å². The first-order chi connectivity index (χ1) is 12.8. The van der Waals surface area contributed by atoms with E-state index in [4.69, 9.17) is 5.73 Å². The largest absolute Gasteiger partial charge is 0.573 e. The minimum atomic E-state index is -4.71. The van der Waals surface area contributed by atoms with Crippen LogP contribution in [0.4, 0.5) is 18.9 Å². The van der Waals surface area contributed by atoms with Gasteiger partial charge in [0.15, 0.2) is 0 Å². The summed E-state index contributed by atoms with van der Waals surface area (Å²) in [5.41, 5.74) is 8.34. The number of anilines is 1. The molecule has 142 valence electrons. The van der Waals surface area contributed by atoms with Gasteiger partial charge >= 0.3 is 6.36 Å². The second kappa shape index (κ2) is 7.73. The molecule has 0 spiro atoms. The predicted molar refractivity (Wildman–Crippen MR) is 98.5 cm³/mol. The van der Waals surface area contributed by atoms with Gasteiger partial charge in [0.2, 0.25) is 5.91 Å². The van der Waals surface area contributed by atoms with Crippen LogP contribution >= 0.6 is 0 Å². The summed E-state index contributed by atoms with van der Waals surface area (Å²) in [5.74, 6) is -0.778. The van der Waals surface area contributed by atoms with Crippen molar-refractivity contribution in [3.05, 3.63) is 59.2 Å². The van der Waals surface area contributed by atoms with Crippen molar-refractivity contribution in [1.82, 2.24) is 0 Å². The third kappa shape index (κ3) is 5.03. The highest BCUT2D eigenvalue weighted by Crippen LogP contribution is 2.28. The van der Waals surface area contributed by atoms with Crippen molar-refractivity contribution >= 4 is 23.7 Å². The van der Waals surface area contributed by atoms with E-state index in [0.717, 1.165) is 37.2 Å². The van der Waals surface area contributed by atoms with E-state index in [9.17, 15) is 18.0 Å². The van der Waals surface area contributed by atoms with Gasteiger partial charge in [0.1, 0.15) is 5.75 Å². The third-order valence-corrected chi connectivity index (χ3v) is 4.33. The van der Waals surface area contributed by atoms with Gasteiger partial charge in [0.25, 0.3) is 0 Å². The Morgan fingerprint density at radius 2 is 1.70 bits per heavy atom. The van der Waals surface area contributed by atoms with Gasteiger partial charge in [-0.3, -0.25) is 4.79 Å². The Kier molecular flexibility index (Phi) is 5.39. The maximum absolute atomic E-state index is 12.2. The van der Waals surface area contributed by atoms with Gasteiger partial charge in [-0.2, -0.15) is 0 Å². The Hall–Kier alpha value is -2.96. The molecule has 27 heavy (non-hydrogen) atoms. The molecule has 0 saturated carbocycles. The van der Waals surface area contributed by atoms with Crippen LogP contribution in [0.3, 0.4) is 0 Å². The molecule has 1 heterocycles. The predicted octanol–water partition coefficient (Wildman–Crippen LogP) is 4.45. The first kappa shape index (κ1) is 18.8. The molecule has 2 aromatic carbocycles. The van der Waals surface area contributed by atoms with Crippen LogP contribution in [0, 0.1) is 0 Å². The fraction of sp³-hybridized carbons (Fsp3) is 0.250. The Morgan fingerprint density at radius 1 is 1.04 bits per heavy atom. The summed E-state index contributed by atoms with van der Waals surface area (Å²) < 4.78 is 40.6. The second-order valence-corrected chi connectivity index (χ2v) is 6.28. The molecule has 0 bridgehead atoms. The summed E-state index contributed by atoms with van der Waals surface area (Å²) in [6.45, 7) is 1.89. The molecule has 3 rings (SSSR count). The molecule has 0 atom stereocenters. The van der Waals surface area contributed by atoms with E-state index >= 15 is 0 Å². The number of hydrogen-bond acceptors (Lipinski definition) is 3. The quantitative estimate of drug-likeness (QED) is 0.784. The van der Waals surface area contributed by atoms with E-state index in [1.165, 1.54) is 24.3 Å². The van der Waals surface area contributed by atoms with Crippen molar-refractivity contribution < 1.29 is 22.7 Å². The molecule has 1 fully saturated rings. The lowest BCUT2D eigenvalue weighted by Crippen LogP contribution is -2.19. The van der Waals surface area contributed by atoms with Crippen molar-refractivity contribution in [2.45, 2.75) is 19.2 Å². The average Bonchev–Trinajstić information content (AvgIpc) is 3.14. The highest BCUT2D eigenvalue weighted by molar-refractivity contribution is 5.95. The molecule has 7 heteroatoms. The average molecular weight is 376 g/mol. The van der Waals surface area contributed by atoms with Crippen molar-refractivity contribution in [1.29, 1.82) is 0 Å². The number of amides is 1. The number of nitrogens with zero attached hydrogens (tertiary/aromatic N) is 1. The van der Waals surface area contributed by atoms with E-state index in [1.54, 1.807) is 18.2 Å². The zero-order valence-electron chi connectivity index (χ0n) is 14.5. The lowest BCUT2D eigenvalue weighted by Gasteiger charge is -2.20. The summed E-state index contributed by atoms with van der Waals surface area (Å²) in [7, 11) is 0. The molecule has 1 aliphatic heterocycles. The Morgan fingerprint density at radius 3 is 2.30 bits per heavy atom. The van der Waals surface area contributed by atoms with Crippen LogP contribution in [0.5, 0.6) is 5.75 Å². The van der Waals surface area contributed by atoms with Gasteiger partial charge in [-0.25, -0.2) is 0 Å². The van der Waals surface area contributed by atoms with E-state index in [-0.39, 0.29) is 5.75 Å². The molecular weight excluding hydrogens is 357 g/mol. The first-order valence-electron chi connectivity index (χ1n) is 8.54. The monoisotopic (exact) mass is 376 g/mol. The van der Waals surface area contributed by atoms with E-state index in [1.807, 2.05) is 12.1 Å². The highest BCUT2D eigenvalue weighted by atomic mass is 19.4. The van der Waals surface area contributed by atoms with Gasteiger partial charge in [0.05, 0.1) is 0 Å². The van der Waals surface area contributed by atoms with Gasteiger partial charge in [-0.15, -0.1) is 13.2 Å². The molecule has 1 saturated heterocycles. The van der Waals surface area contributed by atoms with Crippen LogP contribution < -0.4 is 15.4 Å². The van der Waals surface area contributed by atoms with Crippen molar-refractivity contribution in [2.75, 3.05) is 18.0 Å². The lowest BCUT2D eigenvalue weighted by molar-refractivity contribution is -0.274. The second-order valence-electron chi connectivity index (χ2n) is 6.28. The maximum Gasteiger partial charge on any atom is 0.573 e. The molecule has 0 aliphatic carbocycles. The van der Waals surface area contributed by atoms with Crippen LogP contribution in [-0.2, 0) is 0 Å². The Balaban J connectivity index is 1.84. The molecule has 1 amide bonds. The van der Waals surface area contributed by atoms with Crippen molar-refractivity contribution in [3.8, 4) is 5.75 Å². The number of carbonyl (C=O) groups is 1. The normalized spacial score (nSPS) is 14.7. The van der Waals surface area contributed by atoms with E-state index in [2.05, 4.69) is 9.64 Å². The van der Waals surface area contributed by atoms with Crippen LogP contribution in [0.25, 0.3) is 12.2 Å². The zero-order valence-corrected chi connectivity index (χ0v) is 14.5. The fourth-order valence-electron chi connectivity index (χ4n) is 3.05. The third-order valence-electron chi connectivity index (χ3n) is 4.33. The number of halogens is 3. The number of primary amides is 1. The first-order valence-corrected chi connectivity index (χ1v) is 8.54. The minimum absolute atomic E-state index is 0.270. The summed E-state index contributed by atoms with van der Waals surface area (Å²) in [6, 6.07) is 10.9. The standard InChI is InChI=1S/C20H19F3N2O2/c21-20(22,23)27-17-8-4-14(5-9-17)3-6-15-13-16(19(24)26)7-10-18(15)25-11-1-2-12-25/h3-10,13H,1-2,11-12H2,(H2,24,26)/b6-3+. The fourth-order valence-corrected chi connectivity index (χ4v) is 3.05. The number of alkyl halides is 3. The van der Waals surface area contributed by atoms with Gasteiger partial charge in [0, 0.05) is 24.3 Å². The molecule has 1 aliphatic rings. The van der Waals surface area contributed by atoms with Gasteiger partial charge in [-0.1, -0.05) is 24.3 Å². The van der Waals surface area contributed by atoms with Crippen molar-refractivity contribution in [3.63, 3.8) is 0 Å². The number of carbonyl (C=O) groups excluding carboxylic acids is 1. The van der Waals surface area contributed by atoms with Crippen LogP contribution in [-0.4, -0.2) is 25.4 Å². The summed E-state index contributed by atoms with van der Waals surface area (Å²) in [6.07, 6.45) is 1.12. The molecule has 0 aromatic heterocycles. The van der Waals surface area contributed by atoms with Crippen LogP contribution in [0.15, 0.2) is 42.5 Å². The summed E-state index contributed by atoms with van der Waals surface area (Å²) >= 11 is 0. The SMILES string of the molecule is NC(=O)c1ccc(N2CCCC2)c(/C=C/c2ccc(OC(F)(F)F)cc2)c1. The van der Waals surface area contributed by atoms with Gasteiger partial charge in [-0.05, 0) is 54.3 Å². The molecule has 0 unspecified atom stereocenters. The topological polar surface area (TPSA) is 55.6 Å². The molecule has 4 nitrogen and oxygen atoms in total. The van der Waals surface area contributed by atoms with Crippen molar-refractivity contribution in [2.24, 2.45) is 5.73 Å². The number of ether oxygens (including phenoxy) is 1. The van der Waals surface area contributed by atoms with Gasteiger partial charge < -0.3 is 15.4 Å². The summed E-state index contributed by atoms with van der Waals surface area (Å²) in [5, 5.41) is 0. The number of hydrogen-bond donors (Lipinski definition) is 1. The smallest absolute Gasteiger partial charge is 0.406 e. The van der Waals surface area contributed by atoms with E-state index in [0.29, 0.717) is 11.1 Å². The Bertz CT molecular complexity index is 839. The number of rotatable bonds is 5. The van der Waals surface area contributed by atoms with Crippen LogP contribution in [0.1, 0.15) is 34.3 Å². The highest BCUT2D eigenvalue weighted by Gasteiger charge is 2.30. The molecule has 0 radical (unpaired) electrons. The van der Waals surface area contributed by atoms with Crippen LogP contribution in [0.2, 0.25) is 0 Å². The number of nitrogens with two attached hydrogens (primary N) is 1. The Labute approximate surface area is 155 Å². The lowest BCUT2D eigenvalue weighted by atomic mass is 10.1.